The Hall–Kier alpha value is -2.44. The third-order valence-corrected chi connectivity index (χ3v) is 5.14. The highest BCUT2D eigenvalue weighted by atomic mass is 16.5. The number of nitrogens with zero attached hydrogens (tertiary/aromatic N) is 4. The number of aromatic nitrogens is 3. The van der Waals surface area contributed by atoms with E-state index in [2.05, 4.69) is 25.3 Å². The summed E-state index contributed by atoms with van der Waals surface area (Å²) in [7, 11) is 0. The summed E-state index contributed by atoms with van der Waals surface area (Å²) in [6, 6.07) is 2.02. The van der Waals surface area contributed by atoms with Gasteiger partial charge in [0.05, 0.1) is 6.54 Å². The van der Waals surface area contributed by atoms with Gasteiger partial charge in [-0.1, -0.05) is 5.16 Å². The number of aryl methyl sites for hydroxylation is 2. The lowest BCUT2D eigenvalue weighted by atomic mass is 9.96. The van der Waals surface area contributed by atoms with Gasteiger partial charge in [-0.2, -0.15) is 0 Å². The predicted octanol–water partition coefficient (Wildman–Crippen LogP) is 2.57. The van der Waals surface area contributed by atoms with Gasteiger partial charge in [-0.25, -0.2) is 9.97 Å². The van der Waals surface area contributed by atoms with Gasteiger partial charge in [0.25, 0.3) is 5.91 Å². The quantitative estimate of drug-likeness (QED) is 0.907. The first-order valence-electron chi connectivity index (χ1n) is 9.56. The van der Waals surface area contributed by atoms with E-state index < -0.39 is 0 Å². The number of rotatable bonds is 4. The van der Waals surface area contributed by atoms with Crippen molar-refractivity contribution in [2.45, 2.75) is 58.4 Å². The zero-order valence-electron chi connectivity index (χ0n) is 15.3. The van der Waals surface area contributed by atoms with E-state index in [4.69, 9.17) is 4.52 Å². The Morgan fingerprint density at radius 1 is 1.15 bits per heavy atom. The molecule has 2 aromatic rings. The molecular weight excluding hydrogens is 330 g/mol. The molecule has 2 aromatic heterocycles. The summed E-state index contributed by atoms with van der Waals surface area (Å²) in [6.45, 7) is 4.33. The molecule has 1 aliphatic heterocycles. The van der Waals surface area contributed by atoms with Crippen molar-refractivity contribution >= 4 is 11.7 Å². The van der Waals surface area contributed by atoms with Crippen LogP contribution in [0.3, 0.4) is 0 Å². The van der Waals surface area contributed by atoms with E-state index in [-0.39, 0.29) is 5.91 Å². The molecule has 1 aliphatic carbocycles. The molecule has 0 aromatic carbocycles. The van der Waals surface area contributed by atoms with Crippen LogP contribution in [-0.4, -0.2) is 34.1 Å². The maximum absolute atomic E-state index is 12.5. The lowest BCUT2D eigenvalue weighted by molar-refractivity contribution is 0.0940. The Morgan fingerprint density at radius 2 is 1.96 bits per heavy atom. The average Bonchev–Trinajstić information content (AvgIpc) is 3.11. The normalized spacial score (nSPS) is 17.0. The maximum atomic E-state index is 12.5. The SMILES string of the molecule is Cc1cc(N2CCCCC2)nc(CNC(=O)c2noc3c2CCCC3)n1. The number of piperidine rings is 1. The predicted molar refractivity (Wildman–Crippen MR) is 97.1 cm³/mol. The van der Waals surface area contributed by atoms with Crippen molar-refractivity contribution in [1.82, 2.24) is 20.4 Å². The first kappa shape index (κ1) is 17.0. The molecule has 0 bridgehead atoms. The second-order valence-corrected chi connectivity index (χ2v) is 7.15. The van der Waals surface area contributed by atoms with Crippen LogP contribution < -0.4 is 10.2 Å². The standard InChI is InChI=1S/C19H25N5O2/c1-13-11-17(24-9-5-2-6-10-24)22-16(21-13)12-20-19(25)18-14-7-3-4-8-15(14)26-23-18/h11H,2-10,12H2,1H3,(H,20,25). The van der Waals surface area contributed by atoms with Gasteiger partial charge in [-0.15, -0.1) is 0 Å². The van der Waals surface area contributed by atoms with Crippen LogP contribution in [0.15, 0.2) is 10.6 Å². The Bertz CT molecular complexity index is 795. The van der Waals surface area contributed by atoms with Crippen LogP contribution in [-0.2, 0) is 19.4 Å². The lowest BCUT2D eigenvalue weighted by Gasteiger charge is -2.28. The van der Waals surface area contributed by atoms with E-state index in [9.17, 15) is 4.79 Å². The number of carbonyl (C=O) groups is 1. The summed E-state index contributed by atoms with van der Waals surface area (Å²) >= 11 is 0. The van der Waals surface area contributed by atoms with E-state index in [0.29, 0.717) is 18.1 Å². The Morgan fingerprint density at radius 3 is 2.81 bits per heavy atom. The fraction of sp³-hybridized carbons (Fsp3) is 0.579. The summed E-state index contributed by atoms with van der Waals surface area (Å²) in [6.07, 6.45) is 7.59. The van der Waals surface area contributed by atoms with Gasteiger partial charge in [0.15, 0.2) is 5.69 Å². The molecule has 0 atom stereocenters. The number of hydrogen-bond acceptors (Lipinski definition) is 6. The zero-order chi connectivity index (χ0) is 17.9. The number of fused-ring (bicyclic) bond motifs is 1. The molecule has 0 saturated carbocycles. The van der Waals surface area contributed by atoms with Crippen molar-refractivity contribution in [2.24, 2.45) is 0 Å². The zero-order valence-corrected chi connectivity index (χ0v) is 15.3. The summed E-state index contributed by atoms with van der Waals surface area (Å²) < 4.78 is 5.33. The number of nitrogens with one attached hydrogen (secondary N) is 1. The van der Waals surface area contributed by atoms with Crippen LogP contribution in [0.25, 0.3) is 0 Å². The monoisotopic (exact) mass is 355 g/mol. The molecule has 3 heterocycles. The van der Waals surface area contributed by atoms with Crippen LogP contribution >= 0.6 is 0 Å². The molecule has 1 fully saturated rings. The van der Waals surface area contributed by atoms with E-state index in [1.165, 1.54) is 19.3 Å². The molecule has 26 heavy (non-hydrogen) atoms. The minimum absolute atomic E-state index is 0.207. The second-order valence-electron chi connectivity index (χ2n) is 7.15. The van der Waals surface area contributed by atoms with Crippen LogP contribution in [0.5, 0.6) is 0 Å². The summed E-state index contributed by atoms with van der Waals surface area (Å²) in [5.74, 6) is 2.25. The van der Waals surface area contributed by atoms with Crippen LogP contribution in [0.1, 0.15) is 65.4 Å². The second kappa shape index (κ2) is 7.43. The van der Waals surface area contributed by atoms with Crippen molar-refractivity contribution in [3.8, 4) is 0 Å². The van der Waals surface area contributed by atoms with Crippen LogP contribution in [0.4, 0.5) is 5.82 Å². The fourth-order valence-corrected chi connectivity index (χ4v) is 3.78. The minimum Gasteiger partial charge on any atom is -0.360 e. The third-order valence-electron chi connectivity index (χ3n) is 5.14. The van der Waals surface area contributed by atoms with Gasteiger partial charge < -0.3 is 14.7 Å². The molecule has 0 spiro atoms. The molecule has 2 aliphatic rings. The van der Waals surface area contributed by atoms with Crippen LogP contribution in [0, 0.1) is 6.92 Å². The van der Waals surface area contributed by atoms with Crippen molar-refractivity contribution in [3.63, 3.8) is 0 Å². The fourth-order valence-electron chi connectivity index (χ4n) is 3.78. The van der Waals surface area contributed by atoms with E-state index in [0.717, 1.165) is 61.6 Å². The van der Waals surface area contributed by atoms with Crippen molar-refractivity contribution < 1.29 is 9.32 Å². The van der Waals surface area contributed by atoms with E-state index in [1.807, 2.05) is 13.0 Å². The molecule has 7 heteroatoms. The van der Waals surface area contributed by atoms with Crippen LogP contribution in [0.2, 0.25) is 0 Å². The van der Waals surface area contributed by atoms with Gasteiger partial charge in [-0.05, 0) is 45.4 Å². The topological polar surface area (TPSA) is 84.2 Å². The first-order valence-corrected chi connectivity index (χ1v) is 9.56. The lowest BCUT2D eigenvalue weighted by Crippen LogP contribution is -2.31. The molecule has 0 radical (unpaired) electrons. The maximum Gasteiger partial charge on any atom is 0.274 e. The smallest absolute Gasteiger partial charge is 0.274 e. The minimum atomic E-state index is -0.207. The number of hydrogen-bond donors (Lipinski definition) is 1. The van der Waals surface area contributed by atoms with Gasteiger partial charge in [0.2, 0.25) is 0 Å². The molecule has 1 saturated heterocycles. The number of amides is 1. The highest BCUT2D eigenvalue weighted by Gasteiger charge is 2.24. The van der Waals surface area contributed by atoms with E-state index in [1.54, 1.807) is 0 Å². The summed E-state index contributed by atoms with van der Waals surface area (Å²) in [5, 5.41) is 6.89. The highest BCUT2D eigenvalue weighted by Crippen LogP contribution is 2.24. The molecule has 1 amide bonds. The Kier molecular flexibility index (Phi) is 4.86. The molecule has 4 rings (SSSR count). The third kappa shape index (κ3) is 3.57. The average molecular weight is 355 g/mol. The first-order chi connectivity index (χ1) is 12.7. The van der Waals surface area contributed by atoms with E-state index >= 15 is 0 Å². The molecule has 7 nitrogen and oxygen atoms in total. The van der Waals surface area contributed by atoms with Gasteiger partial charge in [0.1, 0.15) is 17.4 Å². The largest absolute Gasteiger partial charge is 0.360 e. The number of anilines is 1. The summed E-state index contributed by atoms with van der Waals surface area (Å²) in [4.78, 5) is 24.0. The van der Waals surface area contributed by atoms with Gasteiger partial charge in [0, 0.05) is 36.8 Å². The van der Waals surface area contributed by atoms with Crippen molar-refractivity contribution in [3.05, 3.63) is 34.6 Å². The molecule has 138 valence electrons. The summed E-state index contributed by atoms with van der Waals surface area (Å²) in [5.41, 5.74) is 2.31. The van der Waals surface area contributed by atoms with Gasteiger partial charge in [-0.3, -0.25) is 4.79 Å². The highest BCUT2D eigenvalue weighted by molar-refractivity contribution is 5.93. The van der Waals surface area contributed by atoms with Crippen molar-refractivity contribution in [2.75, 3.05) is 18.0 Å². The molecule has 1 N–H and O–H groups in total. The van der Waals surface area contributed by atoms with Crippen molar-refractivity contribution in [1.29, 1.82) is 0 Å². The molecular formula is C19H25N5O2. The molecule has 0 unspecified atom stereocenters. The Labute approximate surface area is 153 Å². The van der Waals surface area contributed by atoms with Gasteiger partial charge >= 0.3 is 0 Å². The number of carbonyl (C=O) groups excluding carboxylic acids is 1. The Balaban J connectivity index is 1.45.